The zero-order chi connectivity index (χ0) is 24.3. The van der Waals surface area contributed by atoms with E-state index in [9.17, 15) is 9.59 Å². The lowest BCUT2D eigenvalue weighted by atomic mass is 10.2. The number of methoxy groups -OCH3 is 1. The van der Waals surface area contributed by atoms with Crippen molar-refractivity contribution >= 4 is 66.5 Å². The van der Waals surface area contributed by atoms with E-state index in [0.29, 0.717) is 26.8 Å². The van der Waals surface area contributed by atoms with Crippen LogP contribution in [0.1, 0.15) is 25.2 Å². The molecule has 0 spiro atoms. The Morgan fingerprint density at radius 3 is 2.73 bits per heavy atom. The van der Waals surface area contributed by atoms with Crippen LogP contribution in [0.4, 0.5) is 0 Å². The third-order valence-corrected chi connectivity index (χ3v) is 6.51. The van der Waals surface area contributed by atoms with Crippen molar-refractivity contribution in [3.63, 3.8) is 0 Å². The monoisotopic (exact) mass is 599 g/mol. The molecule has 2 aromatic carbocycles. The van der Waals surface area contributed by atoms with Gasteiger partial charge in [-0.2, -0.15) is 9.78 Å². The molecule has 0 bridgehead atoms. The maximum atomic E-state index is 13.0. The number of ether oxygens (including phenoxy) is 3. The molecular weight excluding hydrogens is 582 g/mol. The summed E-state index contributed by atoms with van der Waals surface area (Å²) in [4.78, 5) is 29.3. The Morgan fingerprint density at radius 1 is 1.33 bits per heavy atom. The Labute approximate surface area is 211 Å². The molecule has 8 nitrogen and oxygen atoms in total. The summed E-state index contributed by atoms with van der Waals surface area (Å²) in [6, 6.07) is 6.90. The second-order valence-corrected chi connectivity index (χ2v) is 8.91. The Hall–Kier alpha value is -2.43. The summed E-state index contributed by atoms with van der Waals surface area (Å²) in [6.07, 6.45) is 0.559. The van der Waals surface area contributed by atoms with Gasteiger partial charge in [-0.15, -0.1) is 0 Å². The van der Waals surface area contributed by atoms with Crippen molar-refractivity contribution in [1.82, 2.24) is 9.66 Å². The van der Waals surface area contributed by atoms with Gasteiger partial charge in [0.25, 0.3) is 5.56 Å². The maximum absolute atomic E-state index is 13.0. The van der Waals surface area contributed by atoms with Crippen molar-refractivity contribution in [2.24, 2.45) is 5.10 Å². The van der Waals surface area contributed by atoms with Crippen LogP contribution >= 0.6 is 43.5 Å². The number of carbonyl (C=O) groups excluding carboxylic acids is 1. The molecule has 0 unspecified atom stereocenters. The molecule has 0 aliphatic heterocycles. The average molecular weight is 602 g/mol. The predicted molar refractivity (Wildman–Crippen MR) is 134 cm³/mol. The second-order valence-electron chi connectivity index (χ2n) is 6.82. The number of aryl methyl sites for hydroxylation is 1. The number of esters is 1. The maximum Gasteiger partial charge on any atom is 0.347 e. The van der Waals surface area contributed by atoms with Crippen molar-refractivity contribution in [2.75, 3.05) is 13.7 Å². The Morgan fingerprint density at radius 2 is 2.06 bits per heavy atom. The van der Waals surface area contributed by atoms with E-state index in [1.807, 2.05) is 6.07 Å². The van der Waals surface area contributed by atoms with E-state index in [-0.39, 0.29) is 28.7 Å². The molecule has 0 saturated heterocycles. The smallest absolute Gasteiger partial charge is 0.347 e. The quantitative estimate of drug-likeness (QED) is 0.276. The fourth-order valence-electron chi connectivity index (χ4n) is 2.96. The summed E-state index contributed by atoms with van der Waals surface area (Å²) in [5.41, 5.74) is 0.788. The fraction of sp³-hybridized carbons (Fsp3) is 0.273. The Balaban J connectivity index is 2.02. The molecule has 174 valence electrons. The van der Waals surface area contributed by atoms with Crippen molar-refractivity contribution in [3.05, 3.63) is 60.0 Å². The van der Waals surface area contributed by atoms with Crippen molar-refractivity contribution < 1.29 is 19.0 Å². The Bertz CT molecular complexity index is 1310. The van der Waals surface area contributed by atoms with E-state index in [1.54, 1.807) is 39.0 Å². The van der Waals surface area contributed by atoms with Gasteiger partial charge in [0.15, 0.2) is 17.6 Å². The lowest BCUT2D eigenvalue weighted by Gasteiger charge is -2.18. The van der Waals surface area contributed by atoms with Crippen LogP contribution in [0, 0.1) is 6.92 Å². The van der Waals surface area contributed by atoms with Crippen LogP contribution in [0.3, 0.4) is 0 Å². The van der Waals surface area contributed by atoms with Crippen molar-refractivity contribution in [2.45, 2.75) is 26.9 Å². The van der Waals surface area contributed by atoms with Crippen LogP contribution in [0.15, 0.2) is 43.1 Å². The fourth-order valence-corrected chi connectivity index (χ4v) is 3.97. The number of benzene rings is 2. The van der Waals surface area contributed by atoms with Crippen LogP contribution in [-0.4, -0.2) is 41.7 Å². The van der Waals surface area contributed by atoms with E-state index in [2.05, 4.69) is 41.9 Å². The van der Waals surface area contributed by atoms with Gasteiger partial charge in [-0.25, -0.2) is 9.78 Å². The largest absolute Gasteiger partial charge is 0.493 e. The van der Waals surface area contributed by atoms with Gasteiger partial charge in [0.05, 0.1) is 30.8 Å². The highest BCUT2D eigenvalue weighted by Gasteiger charge is 2.23. The van der Waals surface area contributed by atoms with Gasteiger partial charge in [-0.05, 0) is 61.0 Å². The molecule has 0 N–H and O–H groups in total. The summed E-state index contributed by atoms with van der Waals surface area (Å²) >= 11 is 13.3. The van der Waals surface area contributed by atoms with Gasteiger partial charge in [0.2, 0.25) is 0 Å². The number of hydrogen-bond donors (Lipinski definition) is 0. The number of nitrogens with zero attached hydrogens (tertiary/aromatic N) is 3. The minimum absolute atomic E-state index is 0.175. The Kier molecular flexibility index (Phi) is 8.14. The normalized spacial score (nSPS) is 12.2. The molecule has 11 heteroatoms. The summed E-state index contributed by atoms with van der Waals surface area (Å²) in [5.74, 6) is 0.353. The number of fused-ring (bicyclic) bond motifs is 1. The van der Waals surface area contributed by atoms with Crippen LogP contribution in [0.25, 0.3) is 10.9 Å². The van der Waals surface area contributed by atoms with Crippen LogP contribution in [-0.2, 0) is 9.53 Å². The number of aromatic nitrogens is 2. The molecule has 3 rings (SSSR count). The molecule has 0 saturated carbocycles. The van der Waals surface area contributed by atoms with Gasteiger partial charge in [0.1, 0.15) is 10.8 Å². The number of carbonyl (C=O) groups is 1. The minimum Gasteiger partial charge on any atom is -0.493 e. The van der Waals surface area contributed by atoms with Crippen molar-refractivity contribution in [3.8, 4) is 11.5 Å². The zero-order valence-corrected chi connectivity index (χ0v) is 22.1. The van der Waals surface area contributed by atoms with Crippen LogP contribution < -0.4 is 15.0 Å². The topological polar surface area (TPSA) is 92.0 Å². The minimum atomic E-state index is -0.896. The highest BCUT2D eigenvalue weighted by Crippen LogP contribution is 2.42. The molecular formula is C22H20Br2ClN3O5. The number of halogens is 3. The molecule has 0 radical (unpaired) electrons. The standard InChI is InChI=1S/C22H20Br2ClN3O5/c1-5-32-22(30)11(2)33-20-17(31-4)8-13(18(24)19(20)25)10-26-28-12(3)27-16-7-6-14(23)9-15(16)21(28)29/h6-11H,5H2,1-4H3/t11-/m1/s1. The van der Waals surface area contributed by atoms with E-state index < -0.39 is 12.1 Å². The lowest BCUT2D eigenvalue weighted by molar-refractivity contribution is -0.150. The molecule has 1 heterocycles. The summed E-state index contributed by atoms with van der Waals surface area (Å²) in [5, 5.41) is 4.92. The summed E-state index contributed by atoms with van der Waals surface area (Å²) in [7, 11) is 1.45. The van der Waals surface area contributed by atoms with Gasteiger partial charge in [-0.1, -0.05) is 27.5 Å². The van der Waals surface area contributed by atoms with E-state index in [4.69, 9.17) is 25.8 Å². The molecule has 0 aliphatic rings. The third kappa shape index (κ3) is 5.39. The average Bonchev–Trinajstić information content (AvgIpc) is 2.78. The van der Waals surface area contributed by atoms with Gasteiger partial charge in [0, 0.05) is 14.5 Å². The van der Waals surface area contributed by atoms with Crippen molar-refractivity contribution in [1.29, 1.82) is 0 Å². The molecule has 0 amide bonds. The zero-order valence-electron chi connectivity index (χ0n) is 18.2. The first kappa shape index (κ1) is 25.2. The lowest BCUT2D eigenvalue weighted by Crippen LogP contribution is -2.26. The highest BCUT2D eigenvalue weighted by molar-refractivity contribution is 9.10. The molecule has 0 fully saturated rings. The predicted octanol–water partition coefficient (Wildman–Crippen LogP) is 5.10. The van der Waals surface area contributed by atoms with E-state index in [0.717, 1.165) is 4.47 Å². The van der Waals surface area contributed by atoms with Crippen LogP contribution in [0.2, 0.25) is 5.02 Å². The molecule has 1 atom stereocenters. The number of hydrogen-bond acceptors (Lipinski definition) is 7. The second kappa shape index (κ2) is 10.7. The first-order valence-electron chi connectivity index (χ1n) is 9.80. The molecule has 3 aromatic rings. The molecule has 33 heavy (non-hydrogen) atoms. The van der Waals surface area contributed by atoms with E-state index in [1.165, 1.54) is 18.0 Å². The van der Waals surface area contributed by atoms with Crippen LogP contribution in [0.5, 0.6) is 11.5 Å². The molecule has 1 aromatic heterocycles. The van der Waals surface area contributed by atoms with Gasteiger partial charge >= 0.3 is 5.97 Å². The SMILES string of the molecule is CCOC(=O)[C@@H](C)Oc1c(OC)cc(C=Nn2c(C)nc3ccc(Br)cc3c2=O)c(Br)c1Cl. The highest BCUT2D eigenvalue weighted by atomic mass is 79.9. The summed E-state index contributed by atoms with van der Waals surface area (Å²) in [6.45, 7) is 5.18. The number of rotatable bonds is 7. The first-order chi connectivity index (χ1) is 15.7. The van der Waals surface area contributed by atoms with Gasteiger partial charge < -0.3 is 14.2 Å². The van der Waals surface area contributed by atoms with E-state index >= 15 is 0 Å². The third-order valence-electron chi connectivity index (χ3n) is 4.57. The van der Waals surface area contributed by atoms with Gasteiger partial charge in [-0.3, -0.25) is 4.79 Å². The first-order valence-corrected chi connectivity index (χ1v) is 11.8. The summed E-state index contributed by atoms with van der Waals surface area (Å²) < 4.78 is 18.5. The molecule has 0 aliphatic carbocycles.